The van der Waals surface area contributed by atoms with Crippen molar-refractivity contribution in [2.45, 2.75) is 50.7 Å². The zero-order valence-corrected chi connectivity index (χ0v) is 19.1. The maximum Gasteiger partial charge on any atom is 0.408 e. The Morgan fingerprint density at radius 2 is 1.81 bits per heavy atom. The smallest absolute Gasteiger partial charge is 0.408 e. The van der Waals surface area contributed by atoms with E-state index in [0.717, 1.165) is 9.65 Å². The third-order valence-electron chi connectivity index (χ3n) is 4.62. The highest BCUT2D eigenvalue weighted by Gasteiger charge is 2.24. The lowest BCUT2D eigenvalue weighted by Gasteiger charge is -2.22. The van der Waals surface area contributed by atoms with Crippen molar-refractivity contribution in [2.24, 2.45) is 5.73 Å². The number of rotatable bonds is 6. The molecule has 9 nitrogen and oxygen atoms in total. The number of nitrogens with zero attached hydrogens (tertiary/aromatic N) is 2. The molecule has 3 N–H and O–H groups in total. The number of alkyl carbamates (subject to hydrolysis) is 1. The van der Waals surface area contributed by atoms with Crippen LogP contribution >= 0.6 is 0 Å². The molecule has 1 heterocycles. The number of benzene rings is 2. The molecule has 2 amide bonds. The van der Waals surface area contributed by atoms with E-state index in [0.29, 0.717) is 16.5 Å². The van der Waals surface area contributed by atoms with Crippen LogP contribution in [0, 0.1) is 6.92 Å². The van der Waals surface area contributed by atoms with Gasteiger partial charge in [-0.05, 0) is 57.5 Å². The van der Waals surface area contributed by atoms with Crippen LogP contribution in [0.25, 0.3) is 10.9 Å². The van der Waals surface area contributed by atoms with Crippen LogP contribution in [-0.4, -0.2) is 41.2 Å². The molecule has 0 aliphatic heterocycles. The van der Waals surface area contributed by atoms with Crippen LogP contribution in [-0.2, 0) is 26.0 Å². The second kappa shape index (κ2) is 8.62. The summed E-state index contributed by atoms with van der Waals surface area (Å²) in [6.07, 6.45) is 0.797. The fourth-order valence-electron chi connectivity index (χ4n) is 3.10. The van der Waals surface area contributed by atoms with Gasteiger partial charge in [0.05, 0.1) is 16.6 Å². The van der Waals surface area contributed by atoms with Gasteiger partial charge in [0, 0.05) is 11.8 Å². The quantitative estimate of drug-likeness (QED) is 0.583. The summed E-state index contributed by atoms with van der Waals surface area (Å²) in [5.41, 5.74) is 6.73. The SMILES string of the molecule is Cc1ccc(S(=O)(=O)n2ncc3cc(CC(NC(=O)OC(C)(C)C)C(N)=O)ccc32)cc1. The Morgan fingerprint density at radius 1 is 1.16 bits per heavy atom. The minimum atomic E-state index is -3.86. The Labute approximate surface area is 186 Å². The van der Waals surface area contributed by atoms with Crippen LogP contribution in [0.3, 0.4) is 0 Å². The molecule has 3 rings (SSSR count). The predicted octanol–water partition coefficient (Wildman–Crippen LogP) is 2.50. The van der Waals surface area contributed by atoms with Crippen LogP contribution in [0.15, 0.2) is 53.6 Å². The molecule has 0 fully saturated rings. The van der Waals surface area contributed by atoms with Crippen LogP contribution < -0.4 is 11.1 Å². The largest absolute Gasteiger partial charge is 0.444 e. The Hall–Kier alpha value is -3.40. The summed E-state index contributed by atoms with van der Waals surface area (Å²) in [4.78, 5) is 24.0. The Kier molecular flexibility index (Phi) is 6.27. The number of carbonyl (C=O) groups excluding carboxylic acids is 2. The van der Waals surface area contributed by atoms with Gasteiger partial charge in [-0.15, -0.1) is 0 Å². The summed E-state index contributed by atoms with van der Waals surface area (Å²) in [6.45, 7) is 7.00. The molecule has 10 heteroatoms. The van der Waals surface area contributed by atoms with E-state index in [4.69, 9.17) is 10.5 Å². The van der Waals surface area contributed by atoms with Gasteiger partial charge in [-0.1, -0.05) is 23.8 Å². The summed E-state index contributed by atoms with van der Waals surface area (Å²) in [5, 5.41) is 7.10. The first-order valence-electron chi connectivity index (χ1n) is 9.94. The van der Waals surface area contributed by atoms with Gasteiger partial charge >= 0.3 is 6.09 Å². The number of aryl methyl sites for hydroxylation is 1. The van der Waals surface area contributed by atoms with Gasteiger partial charge in [0.2, 0.25) is 5.91 Å². The van der Waals surface area contributed by atoms with E-state index in [1.54, 1.807) is 51.1 Å². The van der Waals surface area contributed by atoms with E-state index in [9.17, 15) is 18.0 Å². The summed E-state index contributed by atoms with van der Waals surface area (Å²) in [7, 11) is -3.86. The number of hydrogen-bond donors (Lipinski definition) is 2. The molecule has 0 saturated carbocycles. The lowest BCUT2D eigenvalue weighted by atomic mass is 10.0. The van der Waals surface area contributed by atoms with Crippen LogP contribution in [0.1, 0.15) is 31.9 Å². The van der Waals surface area contributed by atoms with Crippen molar-refractivity contribution in [1.82, 2.24) is 14.5 Å². The molecule has 1 aromatic heterocycles. The van der Waals surface area contributed by atoms with E-state index in [1.807, 2.05) is 6.92 Å². The van der Waals surface area contributed by atoms with Gasteiger partial charge in [0.25, 0.3) is 10.0 Å². The first kappa shape index (κ1) is 23.3. The minimum absolute atomic E-state index is 0.112. The summed E-state index contributed by atoms with van der Waals surface area (Å²) < 4.78 is 32.1. The highest BCUT2D eigenvalue weighted by Crippen LogP contribution is 2.22. The van der Waals surface area contributed by atoms with Gasteiger partial charge < -0.3 is 15.8 Å². The number of primary amides is 1. The average Bonchev–Trinajstić information content (AvgIpc) is 3.10. The molecular formula is C22H26N4O5S. The molecule has 0 aliphatic carbocycles. The summed E-state index contributed by atoms with van der Waals surface area (Å²) >= 11 is 0. The Balaban J connectivity index is 1.85. The number of ether oxygens (including phenoxy) is 1. The average molecular weight is 459 g/mol. The summed E-state index contributed by atoms with van der Waals surface area (Å²) in [6, 6.07) is 10.5. The van der Waals surface area contributed by atoms with E-state index >= 15 is 0 Å². The van der Waals surface area contributed by atoms with Crippen molar-refractivity contribution >= 4 is 32.9 Å². The van der Waals surface area contributed by atoms with Crippen LogP contribution in [0.4, 0.5) is 4.79 Å². The van der Waals surface area contributed by atoms with Crippen LogP contribution in [0.2, 0.25) is 0 Å². The molecule has 170 valence electrons. The fourth-order valence-corrected chi connectivity index (χ4v) is 4.37. The third kappa shape index (κ3) is 5.25. The van der Waals surface area contributed by atoms with Gasteiger partial charge in [0.15, 0.2) is 0 Å². The third-order valence-corrected chi connectivity index (χ3v) is 6.23. The van der Waals surface area contributed by atoms with Crippen LogP contribution in [0.5, 0.6) is 0 Å². The van der Waals surface area contributed by atoms with Gasteiger partial charge in [0.1, 0.15) is 11.6 Å². The number of hydrogen-bond acceptors (Lipinski definition) is 6. The Morgan fingerprint density at radius 3 is 2.41 bits per heavy atom. The van der Waals surface area contributed by atoms with Crippen molar-refractivity contribution in [3.8, 4) is 0 Å². The lowest BCUT2D eigenvalue weighted by molar-refractivity contribution is -0.120. The first-order chi connectivity index (χ1) is 14.9. The highest BCUT2D eigenvalue weighted by atomic mass is 32.2. The highest BCUT2D eigenvalue weighted by molar-refractivity contribution is 7.90. The molecule has 0 bridgehead atoms. The van der Waals surface area contributed by atoms with Gasteiger partial charge in [-0.3, -0.25) is 4.79 Å². The van der Waals surface area contributed by atoms with Crippen molar-refractivity contribution < 1.29 is 22.7 Å². The molecule has 0 saturated heterocycles. The monoisotopic (exact) mass is 458 g/mol. The predicted molar refractivity (Wildman–Crippen MR) is 120 cm³/mol. The van der Waals surface area contributed by atoms with Crippen molar-refractivity contribution in [2.75, 3.05) is 0 Å². The number of nitrogens with two attached hydrogens (primary N) is 1. The standard InChI is InChI=1S/C22H26N4O5S/c1-14-5-8-17(9-6-14)32(29,30)26-19-10-7-15(11-16(19)13-24-26)12-18(20(23)27)25-21(28)31-22(2,3)4/h5-11,13,18H,12H2,1-4H3,(H2,23,27)(H,25,28). The number of fused-ring (bicyclic) bond motifs is 1. The topological polar surface area (TPSA) is 133 Å². The zero-order chi connectivity index (χ0) is 23.7. The fraction of sp³-hybridized carbons (Fsp3) is 0.318. The number of amides is 2. The zero-order valence-electron chi connectivity index (χ0n) is 18.3. The minimum Gasteiger partial charge on any atom is -0.444 e. The van der Waals surface area contributed by atoms with E-state index < -0.39 is 33.7 Å². The van der Waals surface area contributed by atoms with E-state index in [-0.39, 0.29) is 11.3 Å². The molecule has 1 unspecified atom stereocenters. The number of nitrogens with one attached hydrogen (secondary N) is 1. The second-order valence-electron chi connectivity index (χ2n) is 8.50. The van der Waals surface area contributed by atoms with Gasteiger partial charge in [-0.2, -0.15) is 17.6 Å². The van der Waals surface area contributed by atoms with Crippen molar-refractivity contribution in [3.05, 3.63) is 59.8 Å². The second-order valence-corrected chi connectivity index (χ2v) is 10.3. The summed E-state index contributed by atoms with van der Waals surface area (Å²) in [5.74, 6) is -0.714. The van der Waals surface area contributed by atoms with Gasteiger partial charge in [-0.25, -0.2) is 4.79 Å². The lowest BCUT2D eigenvalue weighted by Crippen LogP contribution is -2.47. The maximum absolute atomic E-state index is 13.0. The number of aromatic nitrogens is 2. The molecule has 3 aromatic rings. The molecule has 0 aliphatic rings. The van der Waals surface area contributed by atoms with Crippen molar-refractivity contribution in [1.29, 1.82) is 0 Å². The number of carbonyl (C=O) groups is 2. The molecule has 2 aromatic carbocycles. The van der Waals surface area contributed by atoms with E-state index in [1.165, 1.54) is 18.3 Å². The normalized spacial score (nSPS) is 13.0. The Bertz CT molecular complexity index is 1260. The van der Waals surface area contributed by atoms with Crippen molar-refractivity contribution in [3.63, 3.8) is 0 Å². The molecular weight excluding hydrogens is 432 g/mol. The van der Waals surface area contributed by atoms with E-state index in [2.05, 4.69) is 10.4 Å². The molecule has 0 spiro atoms. The molecule has 1 atom stereocenters. The molecule has 32 heavy (non-hydrogen) atoms. The molecule has 0 radical (unpaired) electrons. The maximum atomic E-state index is 13.0. The first-order valence-corrected chi connectivity index (χ1v) is 11.4.